The van der Waals surface area contributed by atoms with Crippen molar-refractivity contribution < 1.29 is 47.6 Å². The van der Waals surface area contributed by atoms with Gasteiger partial charge < -0.3 is 28.4 Å². The molecule has 0 saturated carbocycles. The van der Waals surface area contributed by atoms with Crippen molar-refractivity contribution in [3.8, 4) is 23.0 Å². The average molecular weight is 575 g/mol. The summed E-state index contributed by atoms with van der Waals surface area (Å²) in [4.78, 5) is 48.1. The smallest absolute Gasteiger partial charge is 0.343 e. The maximum Gasteiger partial charge on any atom is 0.343 e. The third-order valence-electron chi connectivity index (χ3n) is 6.09. The highest BCUT2D eigenvalue weighted by Gasteiger charge is 2.19. The van der Waals surface area contributed by atoms with Crippen LogP contribution >= 0.6 is 0 Å². The average Bonchev–Trinajstić information content (AvgIpc) is 2.97. The Kier molecular flexibility index (Phi) is 10.6. The number of aryl methyl sites for hydroxylation is 2. The standard InChI is InChI=1S/C32H30O10/c1-7-29(33)39-17-37-26-12-9-23(15-19(26)3)31(35)42-28-14-11-25(21(5)22(28)6)32(36)41-24-10-13-27(20(4)16-24)38-18-40-30(34)8-2/h7-16H,1-2,17-18H2,3-6H3. The van der Waals surface area contributed by atoms with Gasteiger partial charge in [-0.1, -0.05) is 13.2 Å². The highest BCUT2D eigenvalue weighted by molar-refractivity contribution is 5.94. The second kappa shape index (κ2) is 14.3. The molecule has 0 unspecified atom stereocenters. The van der Waals surface area contributed by atoms with Gasteiger partial charge in [-0.05, 0) is 98.5 Å². The number of carbonyl (C=O) groups excluding carboxylic acids is 4. The fraction of sp³-hybridized carbons (Fsp3) is 0.188. The molecule has 0 aliphatic rings. The minimum Gasteiger partial charge on any atom is -0.457 e. The molecule has 3 aromatic rings. The predicted molar refractivity (Wildman–Crippen MR) is 152 cm³/mol. The first-order valence-electron chi connectivity index (χ1n) is 12.6. The van der Waals surface area contributed by atoms with Gasteiger partial charge in [-0.2, -0.15) is 0 Å². The highest BCUT2D eigenvalue weighted by atomic mass is 16.7. The molecular formula is C32H30O10. The van der Waals surface area contributed by atoms with Crippen molar-refractivity contribution in [2.45, 2.75) is 27.7 Å². The zero-order valence-electron chi connectivity index (χ0n) is 23.7. The fourth-order valence-corrected chi connectivity index (χ4v) is 3.65. The topological polar surface area (TPSA) is 124 Å². The van der Waals surface area contributed by atoms with E-state index in [1.807, 2.05) is 0 Å². The Bertz CT molecular complexity index is 1540. The molecule has 10 nitrogen and oxygen atoms in total. The molecule has 0 heterocycles. The molecule has 0 N–H and O–H groups in total. The van der Waals surface area contributed by atoms with Gasteiger partial charge in [-0.25, -0.2) is 19.2 Å². The molecule has 0 spiro atoms. The van der Waals surface area contributed by atoms with Gasteiger partial charge in [0.15, 0.2) is 0 Å². The van der Waals surface area contributed by atoms with Crippen molar-refractivity contribution in [3.63, 3.8) is 0 Å². The van der Waals surface area contributed by atoms with Crippen molar-refractivity contribution in [2.75, 3.05) is 13.6 Å². The highest BCUT2D eigenvalue weighted by Crippen LogP contribution is 2.28. The zero-order chi connectivity index (χ0) is 30.8. The van der Waals surface area contributed by atoms with Crippen LogP contribution in [-0.2, 0) is 19.1 Å². The van der Waals surface area contributed by atoms with Gasteiger partial charge in [-0.3, -0.25) is 0 Å². The van der Waals surface area contributed by atoms with Crippen LogP contribution in [0.4, 0.5) is 0 Å². The van der Waals surface area contributed by atoms with Crippen molar-refractivity contribution in [1.82, 2.24) is 0 Å². The third kappa shape index (κ3) is 8.07. The van der Waals surface area contributed by atoms with Gasteiger partial charge in [0.1, 0.15) is 23.0 Å². The van der Waals surface area contributed by atoms with Crippen LogP contribution in [0.15, 0.2) is 73.8 Å². The molecule has 0 aliphatic carbocycles. The predicted octanol–water partition coefficient (Wildman–Crippen LogP) is 5.49. The molecule has 0 bridgehead atoms. The van der Waals surface area contributed by atoms with Crippen LogP contribution < -0.4 is 18.9 Å². The molecule has 0 amide bonds. The van der Waals surface area contributed by atoms with E-state index >= 15 is 0 Å². The summed E-state index contributed by atoms with van der Waals surface area (Å²) >= 11 is 0. The van der Waals surface area contributed by atoms with E-state index in [4.69, 9.17) is 28.4 Å². The maximum atomic E-state index is 12.9. The van der Waals surface area contributed by atoms with E-state index in [-0.39, 0.29) is 24.9 Å². The number of ether oxygens (including phenoxy) is 6. The first kappa shape index (κ1) is 31.2. The second-order valence-corrected chi connectivity index (χ2v) is 8.91. The number of rotatable bonds is 12. The minimum absolute atomic E-state index is 0.283. The van der Waals surface area contributed by atoms with E-state index < -0.39 is 23.9 Å². The second-order valence-electron chi connectivity index (χ2n) is 8.91. The summed E-state index contributed by atoms with van der Waals surface area (Å²) in [6.07, 6.45) is 2.06. The lowest BCUT2D eigenvalue weighted by Gasteiger charge is -2.14. The van der Waals surface area contributed by atoms with Gasteiger partial charge in [0.25, 0.3) is 0 Å². The molecule has 0 aromatic heterocycles. The monoisotopic (exact) mass is 574 g/mol. The Balaban J connectivity index is 1.64. The largest absolute Gasteiger partial charge is 0.457 e. The van der Waals surface area contributed by atoms with Crippen molar-refractivity contribution in [1.29, 1.82) is 0 Å². The maximum absolute atomic E-state index is 12.9. The summed E-state index contributed by atoms with van der Waals surface area (Å²) in [5.41, 5.74) is 3.06. The molecular weight excluding hydrogens is 544 g/mol. The molecule has 3 rings (SSSR count). The summed E-state index contributed by atoms with van der Waals surface area (Å²) in [6.45, 7) is 13.0. The van der Waals surface area contributed by atoms with E-state index in [1.54, 1.807) is 58.0 Å². The molecule has 0 aliphatic heterocycles. The summed E-state index contributed by atoms with van der Waals surface area (Å²) < 4.78 is 31.6. The van der Waals surface area contributed by atoms with Crippen LogP contribution in [0, 0.1) is 27.7 Å². The molecule has 0 radical (unpaired) electrons. The molecule has 0 atom stereocenters. The van der Waals surface area contributed by atoms with Crippen LogP contribution in [0.5, 0.6) is 23.0 Å². The molecule has 218 valence electrons. The molecule has 42 heavy (non-hydrogen) atoms. The first-order chi connectivity index (χ1) is 20.0. The van der Waals surface area contributed by atoms with Crippen LogP contribution in [0.1, 0.15) is 43.0 Å². The van der Waals surface area contributed by atoms with Crippen LogP contribution in [0.3, 0.4) is 0 Å². The van der Waals surface area contributed by atoms with E-state index in [2.05, 4.69) is 13.2 Å². The van der Waals surface area contributed by atoms with Gasteiger partial charge in [-0.15, -0.1) is 0 Å². The summed E-state index contributed by atoms with van der Waals surface area (Å²) in [6, 6.07) is 12.5. The van der Waals surface area contributed by atoms with Gasteiger partial charge in [0, 0.05) is 12.2 Å². The number of esters is 4. The lowest BCUT2D eigenvalue weighted by molar-refractivity contribution is -0.145. The fourth-order valence-electron chi connectivity index (χ4n) is 3.65. The lowest BCUT2D eigenvalue weighted by atomic mass is 10.0. The van der Waals surface area contributed by atoms with Crippen molar-refractivity contribution in [3.05, 3.63) is 107 Å². The minimum atomic E-state index is -0.612. The van der Waals surface area contributed by atoms with Crippen LogP contribution in [0.25, 0.3) is 0 Å². The molecule has 0 saturated heterocycles. The summed E-state index contributed by atoms with van der Waals surface area (Å²) in [7, 11) is 0. The van der Waals surface area contributed by atoms with E-state index in [1.165, 1.54) is 18.2 Å². The van der Waals surface area contributed by atoms with Crippen LogP contribution in [-0.4, -0.2) is 37.5 Å². The Labute approximate surface area is 243 Å². The summed E-state index contributed by atoms with van der Waals surface area (Å²) in [5.74, 6) is -0.935. The Hall–Kier alpha value is -5.38. The Morgan fingerprint density at radius 2 is 1.19 bits per heavy atom. The van der Waals surface area contributed by atoms with E-state index in [0.29, 0.717) is 45.1 Å². The zero-order valence-corrected chi connectivity index (χ0v) is 23.7. The van der Waals surface area contributed by atoms with E-state index in [9.17, 15) is 19.2 Å². The van der Waals surface area contributed by atoms with Crippen LogP contribution in [0.2, 0.25) is 0 Å². The van der Waals surface area contributed by atoms with Gasteiger partial charge >= 0.3 is 23.9 Å². The molecule has 3 aromatic carbocycles. The third-order valence-corrected chi connectivity index (χ3v) is 6.09. The number of carbonyl (C=O) groups is 4. The molecule has 10 heteroatoms. The molecule has 0 fully saturated rings. The number of hydrogen-bond donors (Lipinski definition) is 0. The van der Waals surface area contributed by atoms with E-state index in [0.717, 1.165) is 12.2 Å². The van der Waals surface area contributed by atoms with Crippen molar-refractivity contribution in [2.24, 2.45) is 0 Å². The summed E-state index contributed by atoms with van der Waals surface area (Å²) in [5, 5.41) is 0. The number of hydrogen-bond acceptors (Lipinski definition) is 10. The Morgan fingerprint density at radius 1 is 0.643 bits per heavy atom. The number of benzene rings is 3. The quantitative estimate of drug-likeness (QED) is 0.119. The Morgan fingerprint density at radius 3 is 1.74 bits per heavy atom. The van der Waals surface area contributed by atoms with Crippen molar-refractivity contribution >= 4 is 23.9 Å². The first-order valence-corrected chi connectivity index (χ1v) is 12.6. The normalized spacial score (nSPS) is 10.2. The van der Waals surface area contributed by atoms with Gasteiger partial charge in [0.05, 0.1) is 11.1 Å². The lowest BCUT2D eigenvalue weighted by Crippen LogP contribution is -2.14. The van der Waals surface area contributed by atoms with Gasteiger partial charge in [0.2, 0.25) is 13.6 Å². The SMILES string of the molecule is C=CC(=O)OCOc1ccc(OC(=O)c2ccc(OC(=O)c3ccc(OCOC(=O)C=C)c(C)c3)c(C)c2C)cc1C.